The lowest BCUT2D eigenvalue weighted by Crippen LogP contribution is -2.29. The summed E-state index contributed by atoms with van der Waals surface area (Å²) in [5.74, 6) is 0. The van der Waals surface area contributed by atoms with Gasteiger partial charge in [0.15, 0.2) is 0 Å². The van der Waals surface area contributed by atoms with E-state index >= 15 is 0 Å². The lowest BCUT2D eigenvalue weighted by atomic mass is 10.3. The predicted molar refractivity (Wildman–Crippen MR) is 29.8 cm³/mol. The SMILES string of the molecule is CCCC1N=NNN1. The van der Waals surface area contributed by atoms with E-state index in [0.29, 0.717) is 0 Å². The van der Waals surface area contributed by atoms with Gasteiger partial charge in [0.25, 0.3) is 0 Å². The average molecular weight is 114 g/mol. The van der Waals surface area contributed by atoms with Gasteiger partial charge >= 0.3 is 0 Å². The quantitative estimate of drug-likeness (QED) is 0.552. The molecule has 8 heavy (non-hydrogen) atoms. The van der Waals surface area contributed by atoms with Gasteiger partial charge in [-0.25, -0.2) is 5.53 Å². The molecular weight excluding hydrogens is 104 g/mol. The minimum atomic E-state index is 0.208. The predicted octanol–water partition coefficient (Wildman–Crippen LogP) is 0.588. The van der Waals surface area contributed by atoms with Crippen molar-refractivity contribution in [2.45, 2.75) is 25.9 Å². The number of nitrogens with one attached hydrogen (secondary N) is 2. The summed E-state index contributed by atoms with van der Waals surface area (Å²) in [6.07, 6.45) is 2.40. The highest BCUT2D eigenvalue weighted by molar-refractivity contribution is 4.59. The van der Waals surface area contributed by atoms with Crippen LogP contribution in [0.3, 0.4) is 0 Å². The Hall–Kier alpha value is -0.640. The number of hydrazine groups is 1. The minimum Gasteiger partial charge on any atom is -0.222 e. The van der Waals surface area contributed by atoms with Crippen molar-refractivity contribution in [2.75, 3.05) is 0 Å². The van der Waals surface area contributed by atoms with Gasteiger partial charge in [-0.05, 0) is 6.42 Å². The van der Waals surface area contributed by atoms with Crippen LogP contribution in [-0.2, 0) is 0 Å². The van der Waals surface area contributed by atoms with Crippen LogP contribution in [0.1, 0.15) is 19.8 Å². The molecule has 0 aromatic heterocycles. The zero-order chi connectivity index (χ0) is 5.82. The topological polar surface area (TPSA) is 48.8 Å². The third-order valence-electron chi connectivity index (χ3n) is 1.04. The van der Waals surface area contributed by atoms with Crippen molar-refractivity contribution in [2.24, 2.45) is 10.3 Å². The van der Waals surface area contributed by atoms with Crippen molar-refractivity contribution in [3.8, 4) is 0 Å². The summed E-state index contributed by atoms with van der Waals surface area (Å²) in [7, 11) is 0. The summed E-state index contributed by atoms with van der Waals surface area (Å²) in [6.45, 7) is 2.12. The molecule has 0 aromatic rings. The Bertz CT molecular complexity index is 90.0. The maximum absolute atomic E-state index is 3.83. The fourth-order valence-corrected chi connectivity index (χ4v) is 0.634. The molecule has 1 aliphatic rings. The summed E-state index contributed by atoms with van der Waals surface area (Å²) in [4.78, 5) is 0. The highest BCUT2D eigenvalue weighted by Gasteiger charge is 2.06. The van der Waals surface area contributed by atoms with Crippen LogP contribution in [-0.4, -0.2) is 6.17 Å². The molecule has 4 heteroatoms. The Morgan fingerprint density at radius 1 is 1.62 bits per heavy atom. The van der Waals surface area contributed by atoms with E-state index in [1.54, 1.807) is 0 Å². The van der Waals surface area contributed by atoms with Gasteiger partial charge in [0.2, 0.25) is 0 Å². The fourth-order valence-electron chi connectivity index (χ4n) is 0.634. The molecule has 0 aromatic carbocycles. The van der Waals surface area contributed by atoms with Gasteiger partial charge in [-0.2, -0.15) is 5.43 Å². The van der Waals surface area contributed by atoms with Crippen molar-refractivity contribution in [1.29, 1.82) is 0 Å². The van der Waals surface area contributed by atoms with Crippen LogP contribution in [0.15, 0.2) is 10.3 Å². The van der Waals surface area contributed by atoms with E-state index in [9.17, 15) is 0 Å². The molecule has 0 saturated heterocycles. The van der Waals surface area contributed by atoms with Crippen molar-refractivity contribution in [3.05, 3.63) is 0 Å². The van der Waals surface area contributed by atoms with E-state index in [2.05, 4.69) is 28.2 Å². The van der Waals surface area contributed by atoms with Gasteiger partial charge in [0.05, 0.1) is 0 Å². The molecular formula is C4H10N4. The third-order valence-corrected chi connectivity index (χ3v) is 1.04. The summed E-state index contributed by atoms with van der Waals surface area (Å²) >= 11 is 0. The van der Waals surface area contributed by atoms with Gasteiger partial charge in [-0.3, -0.25) is 0 Å². The van der Waals surface area contributed by atoms with Gasteiger partial charge < -0.3 is 0 Å². The van der Waals surface area contributed by atoms with Crippen LogP contribution < -0.4 is 11.0 Å². The molecule has 0 saturated carbocycles. The van der Waals surface area contributed by atoms with E-state index in [-0.39, 0.29) is 6.17 Å². The van der Waals surface area contributed by atoms with Gasteiger partial charge in [-0.1, -0.05) is 18.6 Å². The highest BCUT2D eigenvalue weighted by atomic mass is 15.7. The Morgan fingerprint density at radius 3 is 3.00 bits per heavy atom. The molecule has 0 amide bonds. The van der Waals surface area contributed by atoms with Crippen LogP contribution in [0.4, 0.5) is 0 Å². The summed E-state index contributed by atoms with van der Waals surface area (Å²) in [5.41, 5.74) is 5.44. The second kappa shape index (κ2) is 2.61. The third kappa shape index (κ3) is 1.16. The normalized spacial score (nSPS) is 25.9. The van der Waals surface area contributed by atoms with E-state index in [1.807, 2.05) is 0 Å². The Morgan fingerprint density at radius 2 is 2.50 bits per heavy atom. The molecule has 46 valence electrons. The average Bonchev–Trinajstić information content (AvgIpc) is 2.19. The molecule has 1 heterocycles. The highest BCUT2D eigenvalue weighted by Crippen LogP contribution is 1.99. The summed E-state index contributed by atoms with van der Waals surface area (Å²) in [5, 5.41) is 7.38. The second-order valence-corrected chi connectivity index (χ2v) is 1.78. The molecule has 2 N–H and O–H groups in total. The molecule has 1 atom stereocenters. The molecule has 1 aliphatic heterocycles. The first kappa shape index (κ1) is 5.50. The number of hydrogen-bond acceptors (Lipinski definition) is 4. The summed E-state index contributed by atoms with van der Waals surface area (Å²) < 4.78 is 0. The smallest absolute Gasteiger partial charge is 0.140 e. The molecule has 4 nitrogen and oxygen atoms in total. The molecule has 0 bridgehead atoms. The van der Waals surface area contributed by atoms with Crippen molar-refractivity contribution >= 4 is 0 Å². The molecule has 0 spiro atoms. The standard InChI is InChI=1S/C4H10N4/c1-2-3-4-5-7-8-6-4/h4H,2-3H2,1H3,(H,5,8)(H,6,7). The first-order valence-electron chi connectivity index (χ1n) is 2.84. The first-order chi connectivity index (χ1) is 3.93. The molecule has 1 unspecified atom stereocenters. The zero-order valence-corrected chi connectivity index (χ0v) is 4.89. The Balaban J connectivity index is 2.16. The van der Waals surface area contributed by atoms with Gasteiger partial charge in [-0.15, -0.1) is 5.11 Å². The second-order valence-electron chi connectivity index (χ2n) is 1.78. The summed E-state index contributed by atoms with van der Waals surface area (Å²) in [6, 6.07) is 0. The number of hydrogen-bond donors (Lipinski definition) is 2. The largest absolute Gasteiger partial charge is 0.222 e. The van der Waals surface area contributed by atoms with E-state index < -0.39 is 0 Å². The van der Waals surface area contributed by atoms with Crippen LogP contribution in [0, 0.1) is 0 Å². The van der Waals surface area contributed by atoms with E-state index in [1.165, 1.54) is 0 Å². The van der Waals surface area contributed by atoms with E-state index in [0.717, 1.165) is 12.8 Å². The van der Waals surface area contributed by atoms with Crippen molar-refractivity contribution in [3.63, 3.8) is 0 Å². The van der Waals surface area contributed by atoms with Gasteiger partial charge in [0.1, 0.15) is 6.17 Å². The first-order valence-corrected chi connectivity index (χ1v) is 2.84. The van der Waals surface area contributed by atoms with E-state index in [4.69, 9.17) is 0 Å². The van der Waals surface area contributed by atoms with Crippen LogP contribution in [0.5, 0.6) is 0 Å². The molecule has 1 rings (SSSR count). The zero-order valence-electron chi connectivity index (χ0n) is 4.89. The Labute approximate surface area is 48.3 Å². The molecule has 0 radical (unpaired) electrons. The lowest BCUT2D eigenvalue weighted by molar-refractivity contribution is 0.497. The number of nitrogens with zero attached hydrogens (tertiary/aromatic N) is 2. The van der Waals surface area contributed by atoms with Crippen LogP contribution in [0.25, 0.3) is 0 Å². The fraction of sp³-hybridized carbons (Fsp3) is 1.00. The lowest BCUT2D eigenvalue weighted by Gasteiger charge is -1.99. The maximum Gasteiger partial charge on any atom is 0.140 e. The molecule has 0 aliphatic carbocycles. The van der Waals surface area contributed by atoms with Crippen LogP contribution >= 0.6 is 0 Å². The van der Waals surface area contributed by atoms with Gasteiger partial charge in [0, 0.05) is 0 Å². The Kier molecular flexibility index (Phi) is 1.80. The number of rotatable bonds is 2. The molecule has 0 fully saturated rings. The maximum atomic E-state index is 3.83. The monoisotopic (exact) mass is 114 g/mol. The van der Waals surface area contributed by atoms with Crippen molar-refractivity contribution in [1.82, 2.24) is 11.0 Å². The van der Waals surface area contributed by atoms with Crippen LogP contribution in [0.2, 0.25) is 0 Å². The minimum absolute atomic E-state index is 0.208. The van der Waals surface area contributed by atoms with Crippen molar-refractivity contribution < 1.29 is 0 Å².